The van der Waals surface area contributed by atoms with Gasteiger partial charge in [-0.15, -0.1) is 11.8 Å². The zero-order valence-corrected chi connectivity index (χ0v) is 28.6. The molecule has 16 heteroatoms. The van der Waals surface area contributed by atoms with Gasteiger partial charge >= 0.3 is 18.0 Å². The highest BCUT2D eigenvalue weighted by Gasteiger charge is 2.36. The second-order valence-electron chi connectivity index (χ2n) is 11.4. The molecule has 2 N–H and O–H groups in total. The molecule has 1 aliphatic heterocycles. The zero-order chi connectivity index (χ0) is 36.2. The molecule has 0 aromatic heterocycles. The molecule has 12 nitrogen and oxygen atoms in total. The van der Waals surface area contributed by atoms with Gasteiger partial charge in [-0.1, -0.05) is 26.0 Å². The van der Waals surface area contributed by atoms with Crippen LogP contribution in [0.4, 0.5) is 18.0 Å². The molecule has 1 heterocycles. The van der Waals surface area contributed by atoms with Gasteiger partial charge in [0.1, 0.15) is 11.6 Å². The molecule has 0 bridgehead atoms. The molecule has 1 aliphatic rings. The Kier molecular flexibility index (Phi) is 14.6. The van der Waals surface area contributed by atoms with Crippen LogP contribution < -0.4 is 15.4 Å². The van der Waals surface area contributed by atoms with Crippen LogP contribution >= 0.6 is 11.8 Å². The quantitative estimate of drug-likeness (QED) is 0.156. The SMILES string of the molecule is CCOC(=O)C(Oc1ccc(CNC(=O)C2SCCN2C(=O)CC(Cc2cc(F)c(F)cc2F)NC(=O)O[C@H](C)OC(C)=O)cc1)C(C)C. The fourth-order valence-electron chi connectivity index (χ4n) is 4.83. The zero-order valence-electron chi connectivity index (χ0n) is 27.8. The Bertz CT molecular complexity index is 1500. The molecule has 0 aliphatic carbocycles. The van der Waals surface area contributed by atoms with Crippen molar-refractivity contribution < 1.29 is 56.1 Å². The largest absolute Gasteiger partial charge is 0.478 e. The number of esters is 2. The topological polar surface area (TPSA) is 150 Å². The first-order valence-corrected chi connectivity index (χ1v) is 16.6. The summed E-state index contributed by atoms with van der Waals surface area (Å²) in [6, 6.07) is 6.57. The summed E-state index contributed by atoms with van der Waals surface area (Å²) >= 11 is 1.22. The van der Waals surface area contributed by atoms with E-state index in [0.717, 1.165) is 12.5 Å². The highest BCUT2D eigenvalue weighted by molar-refractivity contribution is 8.00. The van der Waals surface area contributed by atoms with Gasteiger partial charge in [-0.05, 0) is 42.7 Å². The number of hydrogen-bond donors (Lipinski definition) is 2. The van der Waals surface area contributed by atoms with Gasteiger partial charge in [0, 0.05) is 57.1 Å². The summed E-state index contributed by atoms with van der Waals surface area (Å²) in [7, 11) is 0. The van der Waals surface area contributed by atoms with E-state index in [1.54, 1.807) is 31.2 Å². The number of carbonyl (C=O) groups excluding carboxylic acids is 5. The minimum Gasteiger partial charge on any atom is -0.478 e. The van der Waals surface area contributed by atoms with Gasteiger partial charge in [0.05, 0.1) is 6.61 Å². The summed E-state index contributed by atoms with van der Waals surface area (Å²) < 4.78 is 62.6. The van der Waals surface area contributed by atoms with Gasteiger partial charge in [-0.25, -0.2) is 22.8 Å². The van der Waals surface area contributed by atoms with Gasteiger partial charge < -0.3 is 34.5 Å². The van der Waals surface area contributed by atoms with E-state index in [0.29, 0.717) is 23.6 Å². The lowest BCUT2D eigenvalue weighted by Crippen LogP contribution is -2.47. The number of carbonyl (C=O) groups is 5. The van der Waals surface area contributed by atoms with Crippen molar-refractivity contribution in [3.63, 3.8) is 0 Å². The molecular formula is C33H40F3N3O9S. The van der Waals surface area contributed by atoms with Crippen molar-refractivity contribution in [2.45, 2.75) is 77.8 Å². The number of hydrogen-bond acceptors (Lipinski definition) is 10. The highest BCUT2D eigenvalue weighted by atomic mass is 32.2. The highest BCUT2D eigenvalue weighted by Crippen LogP contribution is 2.26. The van der Waals surface area contributed by atoms with Crippen LogP contribution in [0.2, 0.25) is 0 Å². The monoisotopic (exact) mass is 711 g/mol. The number of alkyl carbamates (subject to hydrolysis) is 1. The van der Waals surface area contributed by atoms with E-state index in [4.69, 9.17) is 18.9 Å². The first-order valence-electron chi connectivity index (χ1n) is 15.6. The average Bonchev–Trinajstić information content (AvgIpc) is 3.52. The molecule has 268 valence electrons. The van der Waals surface area contributed by atoms with Crippen LogP contribution in [-0.2, 0) is 46.4 Å². The fourth-order valence-corrected chi connectivity index (χ4v) is 5.99. The number of amides is 3. The number of benzene rings is 2. The third-order valence-corrected chi connectivity index (χ3v) is 8.32. The number of thioether (sulfide) groups is 1. The average molecular weight is 712 g/mol. The number of nitrogens with one attached hydrogen (secondary N) is 2. The van der Waals surface area contributed by atoms with Gasteiger partial charge in [0.25, 0.3) is 5.91 Å². The lowest BCUT2D eigenvalue weighted by atomic mass is 10.0. The van der Waals surface area contributed by atoms with Gasteiger partial charge in [0.2, 0.25) is 12.2 Å². The van der Waals surface area contributed by atoms with E-state index >= 15 is 0 Å². The molecule has 0 saturated carbocycles. The molecule has 1 saturated heterocycles. The minimum absolute atomic E-state index is 0.121. The Morgan fingerprint density at radius 2 is 1.65 bits per heavy atom. The molecule has 3 rings (SSSR count). The Morgan fingerprint density at radius 1 is 0.980 bits per heavy atom. The van der Waals surface area contributed by atoms with Crippen LogP contribution in [0.25, 0.3) is 0 Å². The van der Waals surface area contributed by atoms with E-state index in [2.05, 4.69) is 10.6 Å². The lowest BCUT2D eigenvalue weighted by molar-refractivity contribution is -0.162. The van der Waals surface area contributed by atoms with Crippen LogP contribution in [0.5, 0.6) is 5.75 Å². The van der Waals surface area contributed by atoms with Crippen molar-refractivity contribution >= 4 is 41.6 Å². The summed E-state index contributed by atoms with van der Waals surface area (Å²) in [5.41, 5.74) is 0.408. The second-order valence-corrected chi connectivity index (χ2v) is 12.6. The molecule has 4 atom stereocenters. The standard InChI is InChI=1S/C33H40F3N3O9S/c1-6-45-32(43)29(18(2)3)48-24-9-7-21(8-10-24)17-37-30(42)31-39(11-12-49-31)28(41)15-23(38-33(44)47-20(5)46-19(4)40)13-22-14-26(35)27(36)16-25(22)34/h7-10,14,16,18,20,23,29,31H,6,11-13,15,17H2,1-5H3,(H,37,42)(H,38,44)/t20-,23?,29?,31?/m1/s1. The van der Waals surface area contributed by atoms with Gasteiger partial charge in [0.15, 0.2) is 23.1 Å². The molecule has 0 spiro atoms. The van der Waals surface area contributed by atoms with E-state index < -0.39 is 83.9 Å². The van der Waals surface area contributed by atoms with Crippen LogP contribution in [0.15, 0.2) is 36.4 Å². The molecule has 0 radical (unpaired) electrons. The van der Waals surface area contributed by atoms with E-state index in [-0.39, 0.29) is 31.2 Å². The number of nitrogens with zero attached hydrogens (tertiary/aromatic N) is 1. The van der Waals surface area contributed by atoms with Gasteiger partial charge in [-0.2, -0.15) is 0 Å². The van der Waals surface area contributed by atoms with Crippen molar-refractivity contribution in [3.8, 4) is 5.75 Å². The Morgan fingerprint density at radius 3 is 2.29 bits per heavy atom. The maximum Gasteiger partial charge on any atom is 0.410 e. The molecule has 3 unspecified atom stereocenters. The van der Waals surface area contributed by atoms with E-state index in [9.17, 15) is 37.1 Å². The fraction of sp³-hybridized carbons (Fsp3) is 0.485. The predicted molar refractivity (Wildman–Crippen MR) is 171 cm³/mol. The summed E-state index contributed by atoms with van der Waals surface area (Å²) in [5, 5.41) is 4.26. The molecular weight excluding hydrogens is 671 g/mol. The number of halogens is 3. The van der Waals surface area contributed by atoms with Crippen LogP contribution in [0.1, 0.15) is 52.2 Å². The van der Waals surface area contributed by atoms with E-state index in [1.165, 1.54) is 23.6 Å². The number of ether oxygens (including phenoxy) is 4. The summed E-state index contributed by atoms with van der Waals surface area (Å²) in [6.07, 6.45) is -4.07. The normalized spacial score (nSPS) is 15.9. The molecule has 3 amide bonds. The van der Waals surface area contributed by atoms with Gasteiger partial charge in [-0.3, -0.25) is 14.4 Å². The van der Waals surface area contributed by atoms with Crippen molar-refractivity contribution in [1.82, 2.24) is 15.5 Å². The molecule has 1 fully saturated rings. The smallest absolute Gasteiger partial charge is 0.410 e. The predicted octanol–water partition coefficient (Wildman–Crippen LogP) is 4.22. The first kappa shape index (κ1) is 39.0. The van der Waals surface area contributed by atoms with E-state index in [1.807, 2.05) is 13.8 Å². The van der Waals surface area contributed by atoms with Crippen LogP contribution in [-0.4, -0.2) is 77.5 Å². The molecule has 49 heavy (non-hydrogen) atoms. The maximum atomic E-state index is 14.5. The first-order chi connectivity index (χ1) is 23.2. The van der Waals surface area contributed by atoms with Crippen molar-refractivity contribution in [3.05, 3.63) is 65.0 Å². The van der Waals surface area contributed by atoms with Crippen LogP contribution in [0, 0.1) is 23.4 Å². The molecule has 2 aromatic carbocycles. The number of rotatable bonds is 15. The Hall–Kier alpha value is -4.47. The van der Waals surface area contributed by atoms with Crippen molar-refractivity contribution in [2.75, 3.05) is 18.9 Å². The summed E-state index contributed by atoms with van der Waals surface area (Å²) in [6.45, 7) is 8.32. The van der Waals surface area contributed by atoms with Crippen molar-refractivity contribution in [1.29, 1.82) is 0 Å². The maximum absolute atomic E-state index is 14.5. The minimum atomic E-state index is -1.41. The summed E-state index contributed by atoms with van der Waals surface area (Å²) in [5.74, 6) is -5.28. The third-order valence-electron chi connectivity index (χ3n) is 7.12. The molecule has 2 aromatic rings. The van der Waals surface area contributed by atoms with Crippen molar-refractivity contribution in [2.24, 2.45) is 5.92 Å². The Labute approximate surface area is 286 Å². The van der Waals surface area contributed by atoms with Crippen LogP contribution in [0.3, 0.4) is 0 Å². The third kappa shape index (κ3) is 11.9. The second kappa shape index (κ2) is 18.3. The summed E-state index contributed by atoms with van der Waals surface area (Å²) in [4.78, 5) is 63.8. The lowest BCUT2D eigenvalue weighted by Gasteiger charge is -2.26. The Balaban J connectivity index is 1.65.